The van der Waals surface area contributed by atoms with Gasteiger partial charge in [-0.1, -0.05) is 39.0 Å². The van der Waals surface area contributed by atoms with E-state index in [1.807, 2.05) is 69.5 Å². The van der Waals surface area contributed by atoms with E-state index in [4.69, 9.17) is 15.3 Å². The minimum atomic E-state index is -0.838. The summed E-state index contributed by atoms with van der Waals surface area (Å²) in [5.41, 5.74) is 9.67. The molecule has 0 aliphatic carbocycles. The first-order valence-electron chi connectivity index (χ1n) is 14.9. The number of nitrogens with two attached hydrogens (primary N) is 1. The lowest BCUT2D eigenvalue weighted by atomic mass is 9.87. The number of hydrogen-bond donors (Lipinski definition) is 3. The van der Waals surface area contributed by atoms with Gasteiger partial charge in [-0.15, -0.1) is 0 Å². The monoisotopic (exact) mass is 610 g/mol. The molecule has 1 aliphatic rings. The molecule has 1 unspecified atom stereocenters. The van der Waals surface area contributed by atoms with Crippen molar-refractivity contribution < 1.29 is 24.3 Å². The second-order valence-electron chi connectivity index (χ2n) is 13.1. The Balaban J connectivity index is 2.03. The van der Waals surface area contributed by atoms with Gasteiger partial charge in [0.05, 0.1) is 26.4 Å². The fourth-order valence-corrected chi connectivity index (χ4v) is 5.82. The molecule has 4 N–H and O–H groups in total. The van der Waals surface area contributed by atoms with Gasteiger partial charge in [0.2, 0.25) is 0 Å². The molecule has 11 nitrogen and oxygen atoms in total. The third-order valence-corrected chi connectivity index (χ3v) is 7.73. The van der Waals surface area contributed by atoms with Gasteiger partial charge in [-0.05, 0) is 56.4 Å². The Kier molecular flexibility index (Phi) is 12.0. The van der Waals surface area contributed by atoms with Gasteiger partial charge < -0.3 is 30.7 Å². The number of likely N-dealkylation sites (N-methyl/N-ethyl adjacent to an activating group) is 1. The lowest BCUT2D eigenvalue weighted by Crippen LogP contribution is -2.43. The predicted octanol–water partition coefficient (Wildman–Crippen LogP) is 2.80. The molecule has 11 heteroatoms. The maximum absolute atomic E-state index is 13.7. The molecule has 0 spiro atoms. The summed E-state index contributed by atoms with van der Waals surface area (Å²) < 4.78 is 5.94. The molecule has 242 valence electrons. The molecular weight excluding hydrogens is 560 g/mol. The summed E-state index contributed by atoms with van der Waals surface area (Å²) in [6.07, 6.45) is 0.288. The van der Waals surface area contributed by atoms with E-state index in [2.05, 4.69) is 42.7 Å². The molecule has 1 saturated heterocycles. The zero-order chi connectivity index (χ0) is 32.8. The van der Waals surface area contributed by atoms with E-state index in [9.17, 15) is 14.7 Å². The fourth-order valence-electron chi connectivity index (χ4n) is 5.82. The topological polar surface area (TPSA) is 133 Å². The van der Waals surface area contributed by atoms with Crippen LogP contribution in [-0.2, 0) is 16.2 Å². The number of benzene rings is 2. The number of rotatable bonds is 13. The smallest absolute Gasteiger partial charge is 0.265 e. The van der Waals surface area contributed by atoms with Crippen LogP contribution in [0.1, 0.15) is 43.1 Å². The zero-order valence-electron chi connectivity index (χ0n) is 27.5. The molecule has 0 radical (unpaired) electrons. The van der Waals surface area contributed by atoms with Crippen molar-refractivity contribution in [3.63, 3.8) is 0 Å². The Hall–Kier alpha value is -3.35. The van der Waals surface area contributed by atoms with Gasteiger partial charge in [0.15, 0.2) is 0 Å². The number of carbonyl (C=O) groups is 2. The van der Waals surface area contributed by atoms with Crippen molar-refractivity contribution in [2.45, 2.75) is 51.9 Å². The number of nitrogens with zero attached hydrogens (tertiary/aromatic N) is 4. The van der Waals surface area contributed by atoms with Crippen molar-refractivity contribution >= 4 is 24.2 Å². The van der Waals surface area contributed by atoms with Crippen molar-refractivity contribution in [3.8, 4) is 16.9 Å². The number of aliphatic hydroxyl groups is 1. The number of hydroxylamine groups is 2. The number of hydrogen-bond acceptors (Lipinski definition) is 9. The number of methoxy groups -OCH3 is 1. The lowest BCUT2D eigenvalue weighted by molar-refractivity contribution is -0.172. The van der Waals surface area contributed by atoms with Gasteiger partial charge in [0.1, 0.15) is 11.8 Å². The van der Waals surface area contributed by atoms with Gasteiger partial charge in [0, 0.05) is 61.5 Å². The van der Waals surface area contributed by atoms with Crippen LogP contribution >= 0.6 is 0 Å². The van der Waals surface area contributed by atoms with Gasteiger partial charge in [-0.2, -0.15) is 5.06 Å². The van der Waals surface area contributed by atoms with E-state index in [-0.39, 0.29) is 37.1 Å². The third kappa shape index (κ3) is 8.64. The van der Waals surface area contributed by atoms with Crippen LogP contribution in [0.25, 0.3) is 11.1 Å². The Labute approximate surface area is 262 Å². The van der Waals surface area contributed by atoms with Gasteiger partial charge in [-0.25, -0.2) is 4.99 Å². The van der Waals surface area contributed by atoms with E-state index >= 15 is 0 Å². The van der Waals surface area contributed by atoms with E-state index in [1.54, 1.807) is 7.11 Å². The first-order chi connectivity index (χ1) is 20.7. The van der Waals surface area contributed by atoms with E-state index in [1.165, 1.54) is 5.06 Å². The standard InChI is InChI=1S/C33H50N6O5/c1-33(2,3)16-24(19-37(5)6)36-31(41)23-13-22(14-25(15-23)38(7)8)26-12-10-11-21(30(26)43-9)18-39-29(32(42)35-4)27(20-40)28(17-34)44-39/h10-15,24,27-29,40H,4,16-20,34H2,1-3,5-9H3,(H,36,41)/t24-,27?,28-,29-/m0/s1. The highest BCUT2D eigenvalue weighted by Crippen LogP contribution is 2.38. The predicted molar refractivity (Wildman–Crippen MR) is 175 cm³/mol. The van der Waals surface area contributed by atoms with Crippen LogP contribution in [0.3, 0.4) is 0 Å². The van der Waals surface area contributed by atoms with Gasteiger partial charge in [0.25, 0.3) is 11.8 Å². The maximum atomic E-state index is 13.7. The summed E-state index contributed by atoms with van der Waals surface area (Å²) in [6.45, 7) is 10.7. The molecule has 1 aliphatic heterocycles. The van der Waals surface area contributed by atoms with Crippen LogP contribution in [0.4, 0.5) is 5.69 Å². The Bertz CT molecular complexity index is 1310. The summed E-state index contributed by atoms with van der Waals surface area (Å²) >= 11 is 0. The van der Waals surface area contributed by atoms with E-state index in [0.717, 1.165) is 35.3 Å². The van der Waals surface area contributed by atoms with Crippen LogP contribution in [0.15, 0.2) is 41.4 Å². The Morgan fingerprint density at radius 1 is 1.20 bits per heavy atom. The number of para-hydroxylation sites is 1. The fraction of sp³-hybridized carbons (Fsp3) is 0.545. The summed E-state index contributed by atoms with van der Waals surface area (Å²) in [5, 5.41) is 14.8. The highest BCUT2D eigenvalue weighted by Gasteiger charge is 2.46. The molecule has 0 aromatic heterocycles. The number of anilines is 1. The maximum Gasteiger partial charge on any atom is 0.265 e. The number of amides is 2. The Morgan fingerprint density at radius 3 is 2.45 bits per heavy atom. The van der Waals surface area contributed by atoms with Crippen molar-refractivity contribution in [1.29, 1.82) is 0 Å². The molecule has 2 aromatic carbocycles. The molecule has 3 rings (SSSR count). The normalized spacial score (nSPS) is 19.6. The van der Waals surface area contributed by atoms with Crippen molar-refractivity contribution in [1.82, 2.24) is 15.3 Å². The first kappa shape index (κ1) is 35.1. The van der Waals surface area contributed by atoms with Gasteiger partial charge >= 0.3 is 0 Å². The van der Waals surface area contributed by atoms with Crippen LogP contribution in [0.5, 0.6) is 5.75 Å². The van der Waals surface area contributed by atoms with Crippen molar-refractivity contribution in [3.05, 3.63) is 47.5 Å². The quantitative estimate of drug-likeness (QED) is 0.293. The Morgan fingerprint density at radius 2 is 1.91 bits per heavy atom. The molecule has 44 heavy (non-hydrogen) atoms. The summed E-state index contributed by atoms with van der Waals surface area (Å²) in [7, 11) is 9.46. The minimum Gasteiger partial charge on any atom is -0.496 e. The molecule has 1 fully saturated rings. The highest BCUT2D eigenvalue weighted by molar-refractivity contribution is 5.97. The molecule has 0 saturated carbocycles. The average molecular weight is 611 g/mol. The lowest BCUT2D eigenvalue weighted by Gasteiger charge is -2.29. The second kappa shape index (κ2) is 15.1. The number of ether oxygens (including phenoxy) is 1. The molecule has 2 amide bonds. The number of aliphatic hydroxyl groups excluding tert-OH is 1. The van der Waals surface area contributed by atoms with Crippen molar-refractivity contribution in [2.75, 3.05) is 59.9 Å². The number of aliphatic imine (C=N–C) groups is 1. The molecule has 2 aromatic rings. The molecule has 0 bridgehead atoms. The number of nitrogens with one attached hydrogen (secondary N) is 1. The molecule has 4 atom stereocenters. The van der Waals surface area contributed by atoms with Crippen LogP contribution in [-0.4, -0.2) is 107 Å². The SMILES string of the molecule is C=NC(=O)[C@@H]1C(CO)[C@H](CN)ON1Cc1cccc(-c2cc(C(=O)N[C@H](CN(C)C)CC(C)(C)C)cc(N(C)C)c2)c1OC. The first-order valence-corrected chi connectivity index (χ1v) is 14.9. The van der Waals surface area contributed by atoms with E-state index in [0.29, 0.717) is 11.3 Å². The zero-order valence-corrected chi connectivity index (χ0v) is 27.5. The molecule has 1 heterocycles. The summed E-state index contributed by atoms with van der Waals surface area (Å²) in [5.74, 6) is -0.609. The number of carbonyl (C=O) groups excluding carboxylic acids is 2. The van der Waals surface area contributed by atoms with Crippen LogP contribution in [0, 0.1) is 11.3 Å². The minimum absolute atomic E-state index is 0.0249. The van der Waals surface area contributed by atoms with Crippen LogP contribution in [0.2, 0.25) is 0 Å². The average Bonchev–Trinajstić information content (AvgIpc) is 3.32. The van der Waals surface area contributed by atoms with Crippen LogP contribution < -0.4 is 20.7 Å². The molecular formula is C33H50N6O5. The van der Waals surface area contributed by atoms with Crippen molar-refractivity contribution in [2.24, 2.45) is 22.1 Å². The van der Waals surface area contributed by atoms with Gasteiger partial charge in [-0.3, -0.25) is 14.4 Å². The second-order valence-corrected chi connectivity index (χ2v) is 13.1. The largest absolute Gasteiger partial charge is 0.496 e. The highest BCUT2D eigenvalue weighted by atomic mass is 16.7. The third-order valence-electron chi connectivity index (χ3n) is 7.73. The summed E-state index contributed by atoms with van der Waals surface area (Å²) in [6, 6.07) is 10.6. The summed E-state index contributed by atoms with van der Waals surface area (Å²) in [4.78, 5) is 40.1. The van der Waals surface area contributed by atoms with E-state index < -0.39 is 24.0 Å².